The van der Waals surface area contributed by atoms with E-state index < -0.39 is 0 Å². The number of carbonyl (C=O) groups excluding carboxylic acids is 1. The van der Waals surface area contributed by atoms with Crippen LogP contribution in [0.25, 0.3) is 0 Å². The lowest BCUT2D eigenvalue weighted by Gasteiger charge is -2.26. The number of unbranched alkanes of at least 4 members (excludes halogenated alkanes) is 1. The second kappa shape index (κ2) is 8.78. The Kier molecular flexibility index (Phi) is 6.18. The third-order valence-corrected chi connectivity index (χ3v) is 4.68. The number of aromatic nitrogens is 1. The molecule has 0 aromatic carbocycles. The van der Waals surface area contributed by atoms with Crippen molar-refractivity contribution in [2.45, 2.75) is 51.1 Å². The fourth-order valence-electron chi connectivity index (χ4n) is 3.32. The van der Waals surface area contributed by atoms with E-state index in [9.17, 15) is 4.79 Å². The highest BCUT2D eigenvalue weighted by Crippen LogP contribution is 2.11. The van der Waals surface area contributed by atoms with Gasteiger partial charge in [-0.2, -0.15) is 5.10 Å². The molecular weight excluding hydrogens is 302 g/mol. The molecule has 1 saturated heterocycles. The Labute approximate surface area is 143 Å². The Morgan fingerprint density at radius 3 is 2.79 bits per heavy atom. The van der Waals surface area contributed by atoms with E-state index in [1.54, 1.807) is 12.4 Å². The fourth-order valence-corrected chi connectivity index (χ4v) is 3.32. The number of pyridine rings is 1. The first-order valence-corrected chi connectivity index (χ1v) is 9.05. The van der Waals surface area contributed by atoms with Crippen molar-refractivity contribution in [2.24, 2.45) is 5.10 Å². The number of hydrogen-bond donors (Lipinski definition) is 2. The molecule has 0 spiro atoms. The molecule has 2 N–H and O–H groups in total. The minimum atomic E-state index is -0.0947. The zero-order valence-corrected chi connectivity index (χ0v) is 14.2. The van der Waals surface area contributed by atoms with Crippen LogP contribution in [0.2, 0.25) is 0 Å². The van der Waals surface area contributed by atoms with Gasteiger partial charge in [-0.15, -0.1) is 0 Å². The van der Waals surface area contributed by atoms with Gasteiger partial charge in [-0.1, -0.05) is 6.42 Å². The first-order valence-electron chi connectivity index (χ1n) is 9.05. The van der Waals surface area contributed by atoms with Crippen LogP contribution in [-0.2, 0) is 4.79 Å². The van der Waals surface area contributed by atoms with Crippen LogP contribution in [0.15, 0.2) is 29.6 Å². The maximum absolute atomic E-state index is 12.1. The first kappa shape index (κ1) is 16.9. The van der Waals surface area contributed by atoms with Gasteiger partial charge in [-0.05, 0) is 57.5 Å². The van der Waals surface area contributed by atoms with Gasteiger partial charge in [0.15, 0.2) is 0 Å². The normalized spacial score (nSPS) is 21.2. The van der Waals surface area contributed by atoms with E-state index in [0.717, 1.165) is 30.7 Å². The molecule has 3 rings (SSSR count). The molecule has 1 fully saturated rings. The number of carbonyl (C=O) groups is 1. The Bertz CT molecular complexity index is 554. The standard InChI is InChI=1S/C18H27N5O/c24-18(6-2-5-13-23-11-3-1-4-12-23)20-17-14-16(21-22-17)15-7-9-19-10-8-15/h7-10,17,22H,1-6,11-14H2,(H,20,24). The van der Waals surface area contributed by atoms with Gasteiger partial charge in [0.25, 0.3) is 0 Å². The van der Waals surface area contributed by atoms with Crippen molar-refractivity contribution in [2.75, 3.05) is 19.6 Å². The SMILES string of the molecule is O=C(CCCCN1CCCCC1)NC1CC(c2ccncc2)=NN1. The lowest BCUT2D eigenvalue weighted by Crippen LogP contribution is -2.41. The summed E-state index contributed by atoms with van der Waals surface area (Å²) in [7, 11) is 0. The zero-order valence-electron chi connectivity index (χ0n) is 14.2. The molecule has 3 heterocycles. The minimum absolute atomic E-state index is 0.0947. The number of hydrazone groups is 1. The molecule has 1 atom stereocenters. The quantitative estimate of drug-likeness (QED) is 0.750. The summed E-state index contributed by atoms with van der Waals surface area (Å²) < 4.78 is 0. The highest BCUT2D eigenvalue weighted by atomic mass is 16.1. The van der Waals surface area contributed by atoms with E-state index in [2.05, 4.69) is 25.7 Å². The molecule has 1 amide bonds. The molecule has 1 aromatic rings. The maximum Gasteiger partial charge on any atom is 0.221 e. The Hall–Kier alpha value is -1.95. The molecule has 0 bridgehead atoms. The van der Waals surface area contributed by atoms with Crippen LogP contribution in [0.1, 0.15) is 50.5 Å². The number of hydrogen-bond acceptors (Lipinski definition) is 5. The smallest absolute Gasteiger partial charge is 0.221 e. The lowest BCUT2D eigenvalue weighted by molar-refractivity contribution is -0.122. The van der Waals surface area contributed by atoms with Crippen LogP contribution < -0.4 is 10.7 Å². The highest BCUT2D eigenvalue weighted by molar-refractivity contribution is 6.01. The van der Waals surface area contributed by atoms with Gasteiger partial charge < -0.3 is 10.2 Å². The van der Waals surface area contributed by atoms with Crippen molar-refractivity contribution in [1.82, 2.24) is 20.6 Å². The maximum atomic E-state index is 12.1. The van der Waals surface area contributed by atoms with E-state index in [1.165, 1.54) is 32.4 Å². The van der Waals surface area contributed by atoms with Gasteiger partial charge in [0.05, 0.1) is 5.71 Å². The first-order chi connectivity index (χ1) is 11.8. The number of piperidine rings is 1. The monoisotopic (exact) mass is 329 g/mol. The van der Waals surface area contributed by atoms with Gasteiger partial charge in [0.2, 0.25) is 5.91 Å². The van der Waals surface area contributed by atoms with E-state index >= 15 is 0 Å². The van der Waals surface area contributed by atoms with Crippen molar-refractivity contribution in [3.05, 3.63) is 30.1 Å². The van der Waals surface area contributed by atoms with Crippen molar-refractivity contribution in [1.29, 1.82) is 0 Å². The largest absolute Gasteiger partial charge is 0.334 e. The van der Waals surface area contributed by atoms with Gasteiger partial charge >= 0.3 is 0 Å². The van der Waals surface area contributed by atoms with Crippen LogP contribution in [0.4, 0.5) is 0 Å². The summed E-state index contributed by atoms with van der Waals surface area (Å²) in [6, 6.07) is 3.87. The van der Waals surface area contributed by atoms with Crippen molar-refractivity contribution < 1.29 is 4.79 Å². The second-order valence-corrected chi connectivity index (χ2v) is 6.61. The van der Waals surface area contributed by atoms with Crippen molar-refractivity contribution in [3.8, 4) is 0 Å². The van der Waals surface area contributed by atoms with Crippen LogP contribution in [0, 0.1) is 0 Å². The molecule has 0 aliphatic carbocycles. The average molecular weight is 329 g/mol. The summed E-state index contributed by atoms with van der Waals surface area (Å²) in [5.41, 5.74) is 5.02. The summed E-state index contributed by atoms with van der Waals surface area (Å²) in [5.74, 6) is 0.109. The topological polar surface area (TPSA) is 69.6 Å². The third kappa shape index (κ3) is 5.03. The number of nitrogens with one attached hydrogen (secondary N) is 2. The molecule has 2 aliphatic rings. The average Bonchev–Trinajstić information content (AvgIpc) is 3.09. The predicted octanol–water partition coefficient (Wildman–Crippen LogP) is 1.88. The predicted molar refractivity (Wildman–Crippen MR) is 94.6 cm³/mol. The molecule has 1 unspecified atom stereocenters. The number of nitrogens with zero attached hydrogens (tertiary/aromatic N) is 3. The number of likely N-dealkylation sites (tertiary alicyclic amines) is 1. The Balaban J connectivity index is 1.30. The van der Waals surface area contributed by atoms with Crippen LogP contribution in [0.3, 0.4) is 0 Å². The van der Waals surface area contributed by atoms with Crippen LogP contribution in [-0.4, -0.2) is 47.3 Å². The zero-order chi connectivity index (χ0) is 16.6. The Morgan fingerprint density at radius 1 is 1.21 bits per heavy atom. The summed E-state index contributed by atoms with van der Waals surface area (Å²) in [6.07, 6.45) is 10.8. The van der Waals surface area contributed by atoms with Crippen LogP contribution in [0.5, 0.6) is 0 Å². The van der Waals surface area contributed by atoms with Crippen molar-refractivity contribution in [3.63, 3.8) is 0 Å². The van der Waals surface area contributed by atoms with E-state index in [-0.39, 0.29) is 12.1 Å². The molecule has 6 heteroatoms. The second-order valence-electron chi connectivity index (χ2n) is 6.61. The van der Waals surface area contributed by atoms with Gasteiger partial charge in [0.1, 0.15) is 6.17 Å². The van der Waals surface area contributed by atoms with Gasteiger partial charge in [-0.3, -0.25) is 15.2 Å². The molecular formula is C18H27N5O. The molecule has 6 nitrogen and oxygen atoms in total. The lowest BCUT2D eigenvalue weighted by atomic mass is 10.1. The van der Waals surface area contributed by atoms with E-state index in [0.29, 0.717) is 12.8 Å². The van der Waals surface area contributed by atoms with Gasteiger partial charge in [0, 0.05) is 30.8 Å². The summed E-state index contributed by atoms with van der Waals surface area (Å²) in [6.45, 7) is 3.59. The molecule has 0 saturated carbocycles. The third-order valence-electron chi connectivity index (χ3n) is 4.68. The summed E-state index contributed by atoms with van der Waals surface area (Å²) in [4.78, 5) is 18.6. The van der Waals surface area contributed by atoms with Crippen LogP contribution >= 0.6 is 0 Å². The number of amides is 1. The molecule has 0 radical (unpaired) electrons. The van der Waals surface area contributed by atoms with E-state index in [1.807, 2.05) is 12.1 Å². The number of rotatable bonds is 7. The fraction of sp³-hybridized carbons (Fsp3) is 0.611. The molecule has 1 aromatic heterocycles. The molecule has 130 valence electrons. The summed E-state index contributed by atoms with van der Waals surface area (Å²) in [5, 5.41) is 7.34. The highest BCUT2D eigenvalue weighted by Gasteiger charge is 2.20. The summed E-state index contributed by atoms with van der Waals surface area (Å²) >= 11 is 0. The van der Waals surface area contributed by atoms with Gasteiger partial charge in [-0.25, -0.2) is 0 Å². The van der Waals surface area contributed by atoms with E-state index in [4.69, 9.17) is 0 Å². The Morgan fingerprint density at radius 2 is 2.00 bits per heavy atom. The minimum Gasteiger partial charge on any atom is -0.334 e. The molecule has 2 aliphatic heterocycles. The molecule has 24 heavy (non-hydrogen) atoms. The van der Waals surface area contributed by atoms with Crippen molar-refractivity contribution >= 4 is 11.6 Å².